The maximum absolute atomic E-state index is 11.8. The van der Waals surface area contributed by atoms with Gasteiger partial charge in [-0.2, -0.15) is 0 Å². The standard InChI is InChI=1S/C11H14N2O3/c12-10(16)11-3-1-5(2-4-11)6-7(11)9(15)13-8(6)14/h5-7H,1-4H2,(H2,12,16)(H,13,14,15)/t5?,6-,7+,11?/m1/s1. The first kappa shape index (κ1) is 9.81. The summed E-state index contributed by atoms with van der Waals surface area (Å²) in [5, 5.41) is 2.35. The van der Waals surface area contributed by atoms with Crippen LogP contribution in [-0.4, -0.2) is 17.7 Å². The molecule has 3 amide bonds. The molecule has 2 atom stereocenters. The highest BCUT2D eigenvalue weighted by molar-refractivity contribution is 6.08. The van der Waals surface area contributed by atoms with Crippen LogP contribution < -0.4 is 11.1 Å². The number of nitrogens with two attached hydrogens (primary N) is 1. The van der Waals surface area contributed by atoms with Crippen molar-refractivity contribution >= 4 is 17.7 Å². The highest BCUT2D eigenvalue weighted by Crippen LogP contribution is 2.58. The molecule has 4 fully saturated rings. The molecule has 1 saturated heterocycles. The largest absolute Gasteiger partial charge is 0.369 e. The van der Waals surface area contributed by atoms with Crippen LogP contribution in [0.5, 0.6) is 0 Å². The van der Waals surface area contributed by atoms with Crippen LogP contribution >= 0.6 is 0 Å². The van der Waals surface area contributed by atoms with Crippen LogP contribution in [0.2, 0.25) is 0 Å². The van der Waals surface area contributed by atoms with Gasteiger partial charge in [0.2, 0.25) is 17.7 Å². The molecule has 3 aliphatic carbocycles. The Hall–Kier alpha value is -1.39. The first-order valence-corrected chi connectivity index (χ1v) is 5.71. The van der Waals surface area contributed by atoms with Crippen molar-refractivity contribution in [2.45, 2.75) is 25.7 Å². The van der Waals surface area contributed by atoms with Gasteiger partial charge in [0, 0.05) is 0 Å². The van der Waals surface area contributed by atoms with E-state index in [1.165, 1.54) is 0 Å². The average Bonchev–Trinajstić information content (AvgIpc) is 2.58. The third-order valence-corrected chi connectivity index (χ3v) is 4.71. The fraction of sp³-hybridized carbons (Fsp3) is 0.727. The van der Waals surface area contributed by atoms with E-state index in [-0.39, 0.29) is 23.7 Å². The summed E-state index contributed by atoms with van der Waals surface area (Å²) in [6.45, 7) is 0. The first-order chi connectivity index (χ1) is 7.56. The summed E-state index contributed by atoms with van der Waals surface area (Å²) in [6, 6.07) is 0. The Morgan fingerprint density at radius 1 is 1.25 bits per heavy atom. The van der Waals surface area contributed by atoms with Gasteiger partial charge in [-0.3, -0.25) is 19.7 Å². The van der Waals surface area contributed by atoms with E-state index in [0.29, 0.717) is 12.8 Å². The minimum absolute atomic E-state index is 0.204. The highest BCUT2D eigenvalue weighted by atomic mass is 16.2. The molecule has 4 aliphatic rings. The summed E-state index contributed by atoms with van der Waals surface area (Å²) in [5.74, 6) is -1.45. The van der Waals surface area contributed by atoms with E-state index >= 15 is 0 Å². The second-order valence-corrected chi connectivity index (χ2v) is 5.21. The van der Waals surface area contributed by atoms with Gasteiger partial charge in [0.05, 0.1) is 17.3 Å². The number of carbonyl (C=O) groups is 3. The second kappa shape index (κ2) is 2.84. The molecule has 5 heteroatoms. The zero-order valence-electron chi connectivity index (χ0n) is 8.86. The summed E-state index contributed by atoms with van der Waals surface area (Å²) in [6.07, 6.45) is 3.00. The molecule has 0 unspecified atom stereocenters. The number of carbonyl (C=O) groups excluding carboxylic acids is 3. The van der Waals surface area contributed by atoms with Crippen molar-refractivity contribution in [1.82, 2.24) is 5.32 Å². The minimum Gasteiger partial charge on any atom is -0.369 e. The van der Waals surface area contributed by atoms with Gasteiger partial charge in [-0.15, -0.1) is 0 Å². The lowest BCUT2D eigenvalue weighted by molar-refractivity contribution is -0.153. The van der Waals surface area contributed by atoms with E-state index < -0.39 is 17.2 Å². The predicted octanol–water partition coefficient (Wildman–Crippen LogP) is -0.449. The molecule has 0 aromatic heterocycles. The van der Waals surface area contributed by atoms with E-state index in [2.05, 4.69) is 5.32 Å². The smallest absolute Gasteiger partial charge is 0.231 e. The summed E-state index contributed by atoms with van der Waals surface area (Å²) in [5.41, 5.74) is 4.72. The normalized spacial score (nSPS) is 45.4. The van der Waals surface area contributed by atoms with Crippen molar-refractivity contribution in [2.24, 2.45) is 28.9 Å². The molecule has 1 heterocycles. The average molecular weight is 222 g/mol. The van der Waals surface area contributed by atoms with Crippen molar-refractivity contribution in [3.8, 4) is 0 Å². The highest BCUT2D eigenvalue weighted by Gasteiger charge is 2.64. The molecule has 3 N–H and O–H groups in total. The number of hydrogen-bond acceptors (Lipinski definition) is 3. The fourth-order valence-electron chi connectivity index (χ4n) is 3.90. The third-order valence-electron chi connectivity index (χ3n) is 4.71. The molecule has 2 bridgehead atoms. The Morgan fingerprint density at radius 3 is 2.44 bits per heavy atom. The molecule has 0 spiro atoms. The summed E-state index contributed by atoms with van der Waals surface area (Å²) in [7, 11) is 0. The van der Waals surface area contributed by atoms with Gasteiger partial charge in [-0.05, 0) is 31.6 Å². The lowest BCUT2D eigenvalue weighted by Crippen LogP contribution is -2.56. The van der Waals surface area contributed by atoms with E-state index in [1.54, 1.807) is 0 Å². The van der Waals surface area contributed by atoms with Crippen LogP contribution in [0.3, 0.4) is 0 Å². The van der Waals surface area contributed by atoms with E-state index in [0.717, 1.165) is 12.8 Å². The van der Waals surface area contributed by atoms with Crippen LogP contribution in [0, 0.1) is 23.2 Å². The van der Waals surface area contributed by atoms with E-state index in [1.807, 2.05) is 0 Å². The Morgan fingerprint density at radius 2 is 1.88 bits per heavy atom. The zero-order valence-corrected chi connectivity index (χ0v) is 8.86. The maximum atomic E-state index is 11.8. The van der Waals surface area contributed by atoms with Crippen molar-refractivity contribution in [3.63, 3.8) is 0 Å². The SMILES string of the molecule is NC(=O)C12CCC(CC1)[C@H]1C(=O)NC(=O)[C@H]12. The number of imide groups is 1. The van der Waals surface area contributed by atoms with Gasteiger partial charge in [0.15, 0.2) is 0 Å². The maximum Gasteiger partial charge on any atom is 0.231 e. The number of nitrogens with one attached hydrogen (secondary N) is 1. The topological polar surface area (TPSA) is 89.3 Å². The molecule has 4 rings (SSSR count). The van der Waals surface area contributed by atoms with Crippen molar-refractivity contribution < 1.29 is 14.4 Å². The monoisotopic (exact) mass is 222 g/mol. The number of amides is 3. The number of primary amides is 1. The van der Waals surface area contributed by atoms with Gasteiger partial charge in [0.25, 0.3) is 0 Å². The Kier molecular flexibility index (Phi) is 1.74. The minimum atomic E-state index is -0.754. The summed E-state index contributed by atoms with van der Waals surface area (Å²) < 4.78 is 0. The molecule has 86 valence electrons. The molecule has 16 heavy (non-hydrogen) atoms. The third kappa shape index (κ3) is 0.936. The number of fused-ring (bicyclic) bond motifs is 2. The zero-order chi connectivity index (χ0) is 11.5. The molecule has 5 nitrogen and oxygen atoms in total. The van der Waals surface area contributed by atoms with Crippen molar-refractivity contribution in [2.75, 3.05) is 0 Å². The van der Waals surface area contributed by atoms with Crippen LogP contribution in [0.15, 0.2) is 0 Å². The molecule has 0 radical (unpaired) electrons. The Balaban J connectivity index is 2.10. The lowest BCUT2D eigenvalue weighted by atomic mass is 9.51. The van der Waals surface area contributed by atoms with Crippen LogP contribution in [0.1, 0.15) is 25.7 Å². The van der Waals surface area contributed by atoms with Gasteiger partial charge < -0.3 is 5.73 Å². The summed E-state index contributed by atoms with van der Waals surface area (Å²) in [4.78, 5) is 35.1. The van der Waals surface area contributed by atoms with E-state index in [9.17, 15) is 14.4 Å². The van der Waals surface area contributed by atoms with Gasteiger partial charge in [-0.1, -0.05) is 0 Å². The first-order valence-electron chi connectivity index (χ1n) is 5.71. The lowest BCUT2D eigenvalue weighted by Gasteiger charge is -2.50. The van der Waals surface area contributed by atoms with Crippen LogP contribution in [0.4, 0.5) is 0 Å². The summed E-state index contributed by atoms with van der Waals surface area (Å²) >= 11 is 0. The number of rotatable bonds is 1. The van der Waals surface area contributed by atoms with Gasteiger partial charge in [0.1, 0.15) is 0 Å². The van der Waals surface area contributed by atoms with Crippen molar-refractivity contribution in [3.05, 3.63) is 0 Å². The van der Waals surface area contributed by atoms with Crippen LogP contribution in [0.25, 0.3) is 0 Å². The molecular weight excluding hydrogens is 208 g/mol. The molecule has 1 aliphatic heterocycles. The van der Waals surface area contributed by atoms with Crippen LogP contribution in [-0.2, 0) is 14.4 Å². The van der Waals surface area contributed by atoms with Gasteiger partial charge >= 0.3 is 0 Å². The number of hydrogen-bond donors (Lipinski definition) is 2. The second-order valence-electron chi connectivity index (χ2n) is 5.21. The fourth-order valence-corrected chi connectivity index (χ4v) is 3.90. The molecule has 0 aromatic rings. The Bertz CT molecular complexity index is 396. The van der Waals surface area contributed by atoms with Crippen molar-refractivity contribution in [1.29, 1.82) is 0 Å². The molecule has 3 saturated carbocycles. The van der Waals surface area contributed by atoms with Gasteiger partial charge in [-0.25, -0.2) is 0 Å². The Labute approximate surface area is 92.7 Å². The molecular formula is C11H14N2O3. The quantitative estimate of drug-likeness (QED) is 0.589. The predicted molar refractivity (Wildman–Crippen MR) is 53.7 cm³/mol. The van der Waals surface area contributed by atoms with E-state index in [4.69, 9.17) is 5.73 Å². The molecule has 0 aromatic carbocycles.